The molecule has 0 aromatic heterocycles. The van der Waals surface area contributed by atoms with Crippen LogP contribution in [0.5, 0.6) is 0 Å². The fraction of sp³-hybridized carbons (Fsp3) is 0.963. The van der Waals surface area contributed by atoms with Crippen LogP contribution in [0, 0.1) is 0 Å². The topological polar surface area (TPSA) is 149 Å². The van der Waals surface area contributed by atoms with Crippen molar-refractivity contribution in [2.75, 3.05) is 26.4 Å². The molecular weight excluding hydrogens is 840 g/mol. The average molecular weight is 947 g/mol. The molecule has 0 radical (unpaired) electrons. The Balaban J connectivity index is 4.06. The van der Waals surface area contributed by atoms with E-state index in [2.05, 4.69) is 13.8 Å². The predicted molar refractivity (Wildman–Crippen MR) is 270 cm³/mol. The lowest BCUT2D eigenvalue weighted by atomic mass is 10.0. The molecule has 0 saturated carbocycles. The number of hydrogen-bond acceptors (Lipinski definition) is 9. The van der Waals surface area contributed by atoms with E-state index in [1.807, 2.05) is 0 Å². The quantitative estimate of drug-likeness (QED) is 0.0306. The smallest absolute Gasteiger partial charge is 0.462 e. The van der Waals surface area contributed by atoms with Gasteiger partial charge in [0, 0.05) is 12.8 Å². The molecule has 0 spiro atoms. The van der Waals surface area contributed by atoms with Gasteiger partial charge in [0.25, 0.3) is 0 Å². The molecule has 3 atom stereocenters. The number of unbranched alkanes of at least 4 members (excludes halogenated alkanes) is 40. The number of carbonyl (C=O) groups is 2. The number of aliphatic hydroxyl groups is 2. The summed E-state index contributed by atoms with van der Waals surface area (Å²) >= 11 is 0. The molecule has 1 unspecified atom stereocenters. The van der Waals surface area contributed by atoms with Crippen molar-refractivity contribution in [1.82, 2.24) is 0 Å². The molecule has 0 aliphatic heterocycles. The van der Waals surface area contributed by atoms with E-state index in [1.54, 1.807) is 0 Å². The lowest BCUT2D eigenvalue weighted by molar-refractivity contribution is -0.161. The van der Waals surface area contributed by atoms with Gasteiger partial charge in [-0.05, 0) is 12.8 Å². The van der Waals surface area contributed by atoms with Crippen molar-refractivity contribution < 1.29 is 47.8 Å². The maximum absolute atomic E-state index is 12.7. The van der Waals surface area contributed by atoms with Crippen molar-refractivity contribution in [2.24, 2.45) is 0 Å². The molecule has 11 heteroatoms. The molecule has 388 valence electrons. The molecule has 0 aliphatic rings. The van der Waals surface area contributed by atoms with Crippen LogP contribution >= 0.6 is 7.82 Å². The maximum atomic E-state index is 12.7. The van der Waals surface area contributed by atoms with E-state index in [-0.39, 0.29) is 19.4 Å². The van der Waals surface area contributed by atoms with Gasteiger partial charge in [-0.3, -0.25) is 18.6 Å². The van der Waals surface area contributed by atoms with E-state index < -0.39 is 51.8 Å². The first-order chi connectivity index (χ1) is 31.7. The number of phosphoric acid groups is 1. The molecule has 0 rings (SSSR count). The second-order valence-corrected chi connectivity index (χ2v) is 20.8. The molecule has 10 nitrogen and oxygen atoms in total. The minimum atomic E-state index is -4.62. The zero-order valence-corrected chi connectivity index (χ0v) is 43.6. The van der Waals surface area contributed by atoms with E-state index >= 15 is 0 Å². The molecule has 0 saturated heterocycles. The SMILES string of the molecule is CCCCCCCCCCCCCCCCCCCCCCCCCC(=O)O[C@H](COC(=O)CCCCCCCCCCCCCCCCCCCCC)COP(=O)(O)OC[C@@H](O)CO. The van der Waals surface area contributed by atoms with Crippen LogP contribution in [0.3, 0.4) is 0 Å². The van der Waals surface area contributed by atoms with Crippen LogP contribution in [0.15, 0.2) is 0 Å². The van der Waals surface area contributed by atoms with Crippen molar-refractivity contribution in [3.05, 3.63) is 0 Å². The average Bonchev–Trinajstić information content (AvgIpc) is 3.30. The van der Waals surface area contributed by atoms with Gasteiger partial charge in [0.1, 0.15) is 12.7 Å². The van der Waals surface area contributed by atoms with Crippen LogP contribution in [0.4, 0.5) is 0 Å². The number of aliphatic hydroxyl groups excluding tert-OH is 2. The van der Waals surface area contributed by atoms with Crippen LogP contribution < -0.4 is 0 Å². The number of rotatable bonds is 54. The molecule has 0 heterocycles. The predicted octanol–water partition coefficient (Wildman–Crippen LogP) is 16.1. The Kier molecular flexibility index (Phi) is 50.0. The highest BCUT2D eigenvalue weighted by Gasteiger charge is 2.27. The minimum absolute atomic E-state index is 0.193. The van der Waals surface area contributed by atoms with Gasteiger partial charge < -0.3 is 24.6 Å². The van der Waals surface area contributed by atoms with Gasteiger partial charge in [-0.2, -0.15) is 0 Å². The highest BCUT2D eigenvalue weighted by molar-refractivity contribution is 7.47. The lowest BCUT2D eigenvalue weighted by Crippen LogP contribution is -2.29. The molecule has 0 fully saturated rings. The van der Waals surface area contributed by atoms with Crippen LogP contribution in [-0.4, -0.2) is 65.7 Å². The Labute approximate surface area is 401 Å². The number of phosphoric ester groups is 1. The van der Waals surface area contributed by atoms with E-state index in [9.17, 15) is 24.2 Å². The van der Waals surface area contributed by atoms with Gasteiger partial charge in [-0.1, -0.05) is 271 Å². The lowest BCUT2D eigenvalue weighted by Gasteiger charge is -2.20. The summed E-state index contributed by atoms with van der Waals surface area (Å²) in [7, 11) is -4.62. The minimum Gasteiger partial charge on any atom is -0.462 e. The largest absolute Gasteiger partial charge is 0.472 e. The van der Waals surface area contributed by atoms with Gasteiger partial charge in [-0.25, -0.2) is 4.57 Å². The molecule has 0 aromatic rings. The Morgan fingerprint density at radius 3 is 0.954 bits per heavy atom. The zero-order valence-electron chi connectivity index (χ0n) is 42.7. The molecule has 3 N–H and O–H groups in total. The molecular formula is C54H107O10P. The molecule has 0 aliphatic carbocycles. The van der Waals surface area contributed by atoms with E-state index in [0.29, 0.717) is 12.8 Å². The summed E-state index contributed by atoms with van der Waals surface area (Å²) in [5.74, 6) is -0.899. The summed E-state index contributed by atoms with van der Waals surface area (Å²) < 4.78 is 33.0. The standard InChI is InChI=1S/C54H107O10P/c1-3-5-7-9-11-13-15-17-19-21-23-24-25-26-28-30-32-34-36-38-40-42-44-46-54(58)64-52(50-63-65(59,60)62-48-51(56)47-55)49-61-53(57)45-43-41-39-37-35-33-31-29-27-22-20-18-16-14-12-10-8-6-4-2/h51-52,55-56H,3-50H2,1-2H3,(H,59,60)/t51-,52+/m0/s1. The summed E-state index contributed by atoms with van der Waals surface area (Å²) in [6.07, 6.45) is 52.2. The molecule has 0 amide bonds. The Bertz CT molecular complexity index is 1040. The van der Waals surface area contributed by atoms with Gasteiger partial charge >= 0.3 is 19.8 Å². The molecule has 0 bridgehead atoms. The van der Waals surface area contributed by atoms with Gasteiger partial charge in [0.15, 0.2) is 6.10 Å². The fourth-order valence-corrected chi connectivity index (χ4v) is 9.26. The maximum Gasteiger partial charge on any atom is 0.472 e. The monoisotopic (exact) mass is 947 g/mol. The van der Waals surface area contributed by atoms with Crippen LogP contribution in [0.1, 0.15) is 296 Å². The Morgan fingerprint density at radius 1 is 0.400 bits per heavy atom. The summed E-state index contributed by atoms with van der Waals surface area (Å²) in [5, 5.41) is 18.4. The van der Waals surface area contributed by atoms with E-state index in [0.717, 1.165) is 32.1 Å². The van der Waals surface area contributed by atoms with Gasteiger partial charge in [-0.15, -0.1) is 0 Å². The second kappa shape index (κ2) is 50.8. The number of ether oxygens (including phenoxy) is 2. The van der Waals surface area contributed by atoms with Gasteiger partial charge in [0.05, 0.1) is 19.8 Å². The van der Waals surface area contributed by atoms with Crippen LogP contribution in [-0.2, 0) is 32.7 Å². The van der Waals surface area contributed by atoms with Gasteiger partial charge in [0.2, 0.25) is 0 Å². The Hall–Kier alpha value is -1.03. The summed E-state index contributed by atoms with van der Waals surface area (Å²) in [5.41, 5.74) is 0. The highest BCUT2D eigenvalue weighted by atomic mass is 31.2. The first kappa shape index (κ1) is 64.0. The van der Waals surface area contributed by atoms with Crippen molar-refractivity contribution >= 4 is 19.8 Å². The van der Waals surface area contributed by atoms with Crippen LogP contribution in [0.2, 0.25) is 0 Å². The number of hydrogen-bond donors (Lipinski definition) is 3. The first-order valence-electron chi connectivity index (χ1n) is 28.0. The number of carbonyl (C=O) groups excluding carboxylic acids is 2. The summed E-state index contributed by atoms with van der Waals surface area (Å²) in [4.78, 5) is 35.3. The molecule has 65 heavy (non-hydrogen) atoms. The molecule has 0 aromatic carbocycles. The number of esters is 2. The third-order valence-corrected chi connectivity index (χ3v) is 13.7. The Morgan fingerprint density at radius 2 is 0.662 bits per heavy atom. The van der Waals surface area contributed by atoms with Crippen LogP contribution in [0.25, 0.3) is 0 Å². The third kappa shape index (κ3) is 50.7. The summed E-state index contributed by atoms with van der Waals surface area (Å²) in [6, 6.07) is 0. The van der Waals surface area contributed by atoms with E-state index in [1.165, 1.54) is 225 Å². The highest BCUT2D eigenvalue weighted by Crippen LogP contribution is 2.43. The van der Waals surface area contributed by atoms with E-state index in [4.69, 9.17) is 23.6 Å². The third-order valence-electron chi connectivity index (χ3n) is 12.8. The van der Waals surface area contributed by atoms with Crippen molar-refractivity contribution in [3.8, 4) is 0 Å². The fourth-order valence-electron chi connectivity index (χ4n) is 8.47. The first-order valence-corrected chi connectivity index (χ1v) is 29.5. The second-order valence-electron chi connectivity index (χ2n) is 19.3. The van der Waals surface area contributed by atoms with Crippen molar-refractivity contribution in [1.29, 1.82) is 0 Å². The normalized spacial score (nSPS) is 13.5. The summed E-state index contributed by atoms with van der Waals surface area (Å²) in [6.45, 7) is 2.47. The van der Waals surface area contributed by atoms with Crippen molar-refractivity contribution in [2.45, 2.75) is 309 Å². The van der Waals surface area contributed by atoms with Crippen molar-refractivity contribution in [3.63, 3.8) is 0 Å². The zero-order chi connectivity index (χ0) is 47.6.